The van der Waals surface area contributed by atoms with Gasteiger partial charge in [-0.25, -0.2) is 9.97 Å². The lowest BCUT2D eigenvalue weighted by Gasteiger charge is -2.09. The molecule has 3 aromatic heterocycles. The van der Waals surface area contributed by atoms with Crippen molar-refractivity contribution in [1.29, 1.82) is 0 Å². The third-order valence-electron chi connectivity index (χ3n) is 6.06. The van der Waals surface area contributed by atoms with Gasteiger partial charge in [-0.1, -0.05) is 17.3 Å². The Balaban J connectivity index is 1.37. The minimum atomic E-state index is -0.213. The summed E-state index contributed by atoms with van der Waals surface area (Å²) in [7, 11) is 0. The lowest BCUT2D eigenvalue weighted by Crippen LogP contribution is -2.21. The van der Waals surface area contributed by atoms with E-state index in [0.29, 0.717) is 30.0 Å². The minimum Gasteiger partial charge on any atom is -0.394 e. The van der Waals surface area contributed by atoms with Crippen LogP contribution in [-0.2, 0) is 17.8 Å². The van der Waals surface area contributed by atoms with Crippen LogP contribution in [0.1, 0.15) is 25.1 Å². The topological polar surface area (TPSA) is 138 Å². The fourth-order valence-corrected chi connectivity index (χ4v) is 4.35. The highest BCUT2D eigenvalue weighted by Gasteiger charge is 2.29. The van der Waals surface area contributed by atoms with Crippen LogP contribution in [0, 0.1) is 11.8 Å². The molecule has 1 amide bonds. The van der Waals surface area contributed by atoms with Crippen LogP contribution in [0.2, 0.25) is 0 Å². The van der Waals surface area contributed by atoms with Crippen LogP contribution < -0.4 is 5.73 Å². The summed E-state index contributed by atoms with van der Waals surface area (Å²) in [6.07, 6.45) is 8.69. The second kappa shape index (κ2) is 8.46. The van der Waals surface area contributed by atoms with Crippen molar-refractivity contribution in [3.05, 3.63) is 48.7 Å². The number of primary amides is 1. The van der Waals surface area contributed by atoms with E-state index < -0.39 is 0 Å². The molecule has 2 atom stereocenters. The van der Waals surface area contributed by atoms with E-state index in [0.717, 1.165) is 41.9 Å². The molecule has 10 nitrogen and oxygen atoms in total. The molecule has 4 aromatic rings. The smallest absolute Gasteiger partial charge is 0.220 e. The Kier molecular flexibility index (Phi) is 5.36. The summed E-state index contributed by atoms with van der Waals surface area (Å²) >= 11 is 0. The van der Waals surface area contributed by atoms with E-state index >= 15 is 0 Å². The molecule has 3 heterocycles. The number of aromatic nitrogens is 7. The zero-order valence-electron chi connectivity index (χ0n) is 17.5. The van der Waals surface area contributed by atoms with Crippen molar-refractivity contribution in [3.8, 4) is 16.8 Å². The predicted molar refractivity (Wildman–Crippen MR) is 116 cm³/mol. The summed E-state index contributed by atoms with van der Waals surface area (Å²) in [6.45, 7) is 0.519. The fraction of sp³-hybridized carbons (Fsp3) is 0.364. The van der Waals surface area contributed by atoms with Gasteiger partial charge < -0.3 is 10.8 Å². The first-order valence-corrected chi connectivity index (χ1v) is 10.7. The molecule has 0 bridgehead atoms. The molecule has 1 aliphatic rings. The van der Waals surface area contributed by atoms with Crippen LogP contribution in [-0.4, -0.2) is 52.4 Å². The maximum atomic E-state index is 11.4. The number of carbonyl (C=O) groups excluding carboxylic acids is 1. The number of rotatable bonds is 7. The van der Waals surface area contributed by atoms with Crippen molar-refractivity contribution in [3.63, 3.8) is 0 Å². The van der Waals surface area contributed by atoms with Crippen LogP contribution >= 0.6 is 0 Å². The largest absolute Gasteiger partial charge is 0.394 e. The summed E-state index contributed by atoms with van der Waals surface area (Å²) in [5.41, 5.74) is 9.58. The molecule has 0 unspecified atom stereocenters. The molecule has 164 valence electrons. The van der Waals surface area contributed by atoms with Gasteiger partial charge in [0.25, 0.3) is 0 Å². The quantitative estimate of drug-likeness (QED) is 0.451. The van der Waals surface area contributed by atoms with Gasteiger partial charge in [0.2, 0.25) is 5.91 Å². The lowest BCUT2D eigenvalue weighted by atomic mass is 10.0. The van der Waals surface area contributed by atoms with E-state index in [4.69, 9.17) is 15.8 Å². The van der Waals surface area contributed by atoms with Gasteiger partial charge in [-0.05, 0) is 42.9 Å². The van der Waals surface area contributed by atoms with Crippen molar-refractivity contribution < 1.29 is 9.90 Å². The van der Waals surface area contributed by atoms with E-state index in [2.05, 4.69) is 20.4 Å². The lowest BCUT2D eigenvalue weighted by molar-refractivity contribution is -0.121. The van der Waals surface area contributed by atoms with Gasteiger partial charge in [0, 0.05) is 24.1 Å². The number of fused-ring (bicyclic) bond motifs is 1. The summed E-state index contributed by atoms with van der Waals surface area (Å²) in [5, 5.41) is 21.8. The zero-order chi connectivity index (χ0) is 22.1. The number of aliphatic hydroxyl groups excluding tert-OH is 1. The molecule has 3 N–H and O–H groups in total. The molecule has 1 fully saturated rings. The normalized spacial score (nSPS) is 18.4. The Labute approximate surface area is 184 Å². The van der Waals surface area contributed by atoms with Crippen molar-refractivity contribution in [2.75, 3.05) is 6.61 Å². The van der Waals surface area contributed by atoms with E-state index in [1.54, 1.807) is 21.8 Å². The van der Waals surface area contributed by atoms with Crippen molar-refractivity contribution in [2.45, 2.75) is 32.2 Å². The van der Waals surface area contributed by atoms with Crippen LogP contribution in [0.3, 0.4) is 0 Å². The van der Waals surface area contributed by atoms with E-state index in [1.807, 2.05) is 30.5 Å². The number of benzene rings is 1. The molecule has 1 aromatic carbocycles. The van der Waals surface area contributed by atoms with Crippen LogP contribution in [0.5, 0.6) is 0 Å². The summed E-state index contributed by atoms with van der Waals surface area (Å²) < 4.78 is 3.42. The third-order valence-corrected chi connectivity index (χ3v) is 6.06. The molecule has 0 saturated heterocycles. The van der Waals surface area contributed by atoms with Crippen LogP contribution in [0.15, 0.2) is 42.9 Å². The van der Waals surface area contributed by atoms with Crippen molar-refractivity contribution in [1.82, 2.24) is 34.7 Å². The Hall–Kier alpha value is -3.66. The number of amides is 1. The maximum absolute atomic E-state index is 11.4. The van der Waals surface area contributed by atoms with Crippen molar-refractivity contribution >= 4 is 17.1 Å². The molecule has 1 aliphatic carbocycles. The van der Waals surface area contributed by atoms with E-state index in [9.17, 15) is 4.79 Å². The van der Waals surface area contributed by atoms with Crippen LogP contribution in [0.25, 0.3) is 28.0 Å². The Morgan fingerprint density at radius 1 is 1.16 bits per heavy atom. The van der Waals surface area contributed by atoms with Gasteiger partial charge in [-0.3, -0.25) is 9.48 Å². The summed E-state index contributed by atoms with van der Waals surface area (Å²) in [6, 6.07) is 7.91. The Morgan fingerprint density at radius 3 is 2.75 bits per heavy atom. The Bertz CT molecular complexity index is 1250. The standard InChI is InChI=1S/C22H24N8O2/c23-21(32)16-2-1-14(9-16)10-20-24-12-19-22(26-20)30(28-27-19)18-5-3-15(4-6-18)17-11-25-29(13-17)7-8-31/h3-6,11-14,16,31H,1-2,7-10H2,(H2,23,32)/t14-,16+/m1/s1. The second-order valence-corrected chi connectivity index (χ2v) is 8.24. The van der Waals surface area contributed by atoms with E-state index in [1.165, 1.54) is 0 Å². The van der Waals surface area contributed by atoms with Crippen LogP contribution in [0.4, 0.5) is 0 Å². The van der Waals surface area contributed by atoms with Gasteiger partial charge >= 0.3 is 0 Å². The molecule has 0 aliphatic heterocycles. The predicted octanol–water partition coefficient (Wildman–Crippen LogP) is 1.51. The number of aliphatic hydroxyl groups is 1. The summed E-state index contributed by atoms with van der Waals surface area (Å²) in [4.78, 5) is 20.6. The van der Waals surface area contributed by atoms with Gasteiger partial charge in [-0.2, -0.15) is 9.78 Å². The SMILES string of the molecule is NC(=O)[C@H]1CC[C@@H](Cc2ncc3nnn(-c4ccc(-c5cnn(CCO)c5)cc4)c3n2)C1. The minimum absolute atomic E-state index is 0.0369. The number of hydrogen-bond donors (Lipinski definition) is 2. The molecule has 0 spiro atoms. The highest BCUT2D eigenvalue weighted by atomic mass is 16.3. The van der Waals surface area contributed by atoms with Gasteiger partial charge in [-0.15, -0.1) is 5.10 Å². The number of carbonyl (C=O) groups is 1. The van der Waals surface area contributed by atoms with Crippen molar-refractivity contribution in [2.24, 2.45) is 17.6 Å². The summed E-state index contributed by atoms with van der Waals surface area (Å²) in [5.74, 6) is 0.838. The average Bonchev–Trinajstić information content (AvgIpc) is 3.54. The fourth-order valence-electron chi connectivity index (χ4n) is 4.35. The number of nitrogens with zero attached hydrogens (tertiary/aromatic N) is 7. The first-order chi connectivity index (χ1) is 15.6. The zero-order valence-corrected chi connectivity index (χ0v) is 17.5. The highest BCUT2D eigenvalue weighted by molar-refractivity contribution is 5.77. The molecule has 1 saturated carbocycles. The molecule has 32 heavy (non-hydrogen) atoms. The average molecular weight is 432 g/mol. The first-order valence-electron chi connectivity index (χ1n) is 10.7. The number of hydrogen-bond acceptors (Lipinski definition) is 7. The monoisotopic (exact) mass is 432 g/mol. The number of nitrogens with two attached hydrogens (primary N) is 1. The molecular weight excluding hydrogens is 408 g/mol. The molecule has 0 radical (unpaired) electrons. The molecular formula is C22H24N8O2. The van der Waals surface area contributed by atoms with E-state index in [-0.39, 0.29) is 18.4 Å². The van der Waals surface area contributed by atoms with Gasteiger partial charge in [0.1, 0.15) is 5.82 Å². The molecule has 10 heteroatoms. The third kappa shape index (κ3) is 3.96. The maximum Gasteiger partial charge on any atom is 0.220 e. The second-order valence-electron chi connectivity index (χ2n) is 8.24. The van der Waals surface area contributed by atoms with Gasteiger partial charge in [0.15, 0.2) is 11.2 Å². The van der Waals surface area contributed by atoms with Gasteiger partial charge in [0.05, 0.1) is 31.2 Å². The highest BCUT2D eigenvalue weighted by Crippen LogP contribution is 2.32. The first kappa shape index (κ1) is 20.3. The molecule has 5 rings (SSSR count). The Morgan fingerprint density at radius 2 is 2.00 bits per heavy atom.